The second kappa shape index (κ2) is 10.2. The second-order valence-electron chi connectivity index (χ2n) is 11.4. The quantitative estimate of drug-likeness (QED) is 0.383. The van der Waals surface area contributed by atoms with Crippen LogP contribution in [0.15, 0.2) is 53.8 Å². The van der Waals surface area contributed by atoms with Gasteiger partial charge in [-0.05, 0) is 60.4 Å². The molecule has 3 aromatic heterocycles. The first kappa shape index (κ1) is 26.8. The summed E-state index contributed by atoms with van der Waals surface area (Å²) in [5, 5.41) is 18.4. The lowest BCUT2D eigenvalue weighted by Gasteiger charge is -2.34. The molecular weight excluding hydrogens is 521 g/mol. The van der Waals surface area contributed by atoms with Crippen LogP contribution in [0.4, 0.5) is 13.2 Å². The number of pyridine rings is 1. The Labute approximate surface area is 229 Å². The van der Waals surface area contributed by atoms with E-state index < -0.39 is 23.5 Å². The number of benzene rings is 1. The van der Waals surface area contributed by atoms with Gasteiger partial charge in [-0.2, -0.15) is 13.2 Å². The molecular formula is C29H33F3N6O2. The standard InChI is InChI=1S/C29H33F3N6O2/c1-18-13-36(10-9-25(18)39)14-19-11-23(29(30,31)32)24-16-37(28(40)38(24)15-19)22-8-4-7-21(12-22)26(20-5-3-6-20)27-34-33-17-35(27)2/h4,7-8,11-12,15-18,20,25-26,39H,3,5-6,9-10,13-14H2,1-2H3/t18-,25+,26-/m1/s1. The van der Waals surface area contributed by atoms with E-state index in [9.17, 15) is 23.1 Å². The fourth-order valence-electron chi connectivity index (χ4n) is 6.21. The van der Waals surface area contributed by atoms with E-state index in [-0.39, 0.29) is 23.9 Å². The van der Waals surface area contributed by atoms with E-state index in [1.54, 1.807) is 12.4 Å². The van der Waals surface area contributed by atoms with Crippen molar-refractivity contribution in [3.8, 4) is 5.69 Å². The van der Waals surface area contributed by atoms with Gasteiger partial charge >= 0.3 is 11.9 Å². The van der Waals surface area contributed by atoms with Gasteiger partial charge in [0.25, 0.3) is 0 Å². The number of aliphatic hydroxyl groups excluding tert-OH is 1. The fraction of sp³-hybridized carbons (Fsp3) is 0.483. The zero-order valence-corrected chi connectivity index (χ0v) is 22.6. The number of aliphatic hydroxyl groups is 1. The number of piperidine rings is 1. The molecule has 1 saturated carbocycles. The number of halogens is 3. The number of likely N-dealkylation sites (tertiary alicyclic amines) is 1. The van der Waals surface area contributed by atoms with Crippen molar-refractivity contribution in [3.05, 3.63) is 82.1 Å². The van der Waals surface area contributed by atoms with E-state index in [0.29, 0.717) is 36.7 Å². The molecule has 11 heteroatoms. The first-order valence-electron chi connectivity index (χ1n) is 13.8. The highest BCUT2D eigenvalue weighted by Crippen LogP contribution is 2.43. The summed E-state index contributed by atoms with van der Waals surface area (Å²) in [5.41, 5.74) is 0.293. The van der Waals surface area contributed by atoms with Gasteiger partial charge in [0.05, 0.1) is 22.9 Å². The van der Waals surface area contributed by atoms with Crippen LogP contribution in [-0.4, -0.2) is 52.9 Å². The molecule has 1 N–H and O–H groups in total. The van der Waals surface area contributed by atoms with Crippen LogP contribution in [0, 0.1) is 11.8 Å². The van der Waals surface area contributed by atoms with Gasteiger partial charge < -0.3 is 9.67 Å². The van der Waals surface area contributed by atoms with Gasteiger partial charge in [0.1, 0.15) is 12.2 Å². The lowest BCUT2D eigenvalue weighted by Crippen LogP contribution is -2.41. The number of rotatable bonds is 6. The second-order valence-corrected chi connectivity index (χ2v) is 11.4. The van der Waals surface area contributed by atoms with Crippen LogP contribution >= 0.6 is 0 Å². The third kappa shape index (κ3) is 4.85. The van der Waals surface area contributed by atoms with Crippen LogP contribution in [0.5, 0.6) is 0 Å². The Morgan fingerprint density at radius 2 is 1.95 bits per heavy atom. The maximum atomic E-state index is 14.2. The Morgan fingerprint density at radius 1 is 1.15 bits per heavy atom. The molecule has 0 unspecified atom stereocenters. The Bertz CT molecular complexity index is 1580. The maximum absolute atomic E-state index is 14.2. The Balaban J connectivity index is 1.41. The topological polar surface area (TPSA) is 80.6 Å². The Morgan fingerprint density at radius 3 is 2.60 bits per heavy atom. The molecule has 0 spiro atoms. The smallest absolute Gasteiger partial charge is 0.393 e. The van der Waals surface area contributed by atoms with E-state index in [2.05, 4.69) is 10.2 Å². The lowest BCUT2D eigenvalue weighted by atomic mass is 9.72. The predicted octanol–water partition coefficient (Wildman–Crippen LogP) is 4.37. The van der Waals surface area contributed by atoms with Crippen LogP contribution in [0.2, 0.25) is 0 Å². The molecule has 2 aliphatic rings. The van der Waals surface area contributed by atoms with Crippen molar-refractivity contribution in [2.75, 3.05) is 13.1 Å². The van der Waals surface area contributed by atoms with Gasteiger partial charge in [-0.15, -0.1) is 10.2 Å². The van der Waals surface area contributed by atoms with Crippen LogP contribution in [0.1, 0.15) is 61.0 Å². The van der Waals surface area contributed by atoms with Gasteiger partial charge in [-0.1, -0.05) is 25.5 Å². The lowest BCUT2D eigenvalue weighted by molar-refractivity contribution is -0.136. The minimum absolute atomic E-state index is 0.0169. The number of nitrogens with zero attached hydrogens (tertiary/aromatic N) is 6. The zero-order valence-electron chi connectivity index (χ0n) is 22.6. The molecule has 8 nitrogen and oxygen atoms in total. The average molecular weight is 555 g/mol. The van der Waals surface area contributed by atoms with Crippen molar-refractivity contribution in [3.63, 3.8) is 0 Å². The van der Waals surface area contributed by atoms with Crippen LogP contribution in [0.3, 0.4) is 0 Å². The van der Waals surface area contributed by atoms with E-state index in [1.807, 2.05) is 41.6 Å². The third-order valence-electron chi connectivity index (χ3n) is 8.63. The molecule has 0 amide bonds. The Hall–Kier alpha value is -3.44. The molecule has 1 saturated heterocycles. The van der Waals surface area contributed by atoms with E-state index >= 15 is 0 Å². The summed E-state index contributed by atoms with van der Waals surface area (Å²) in [7, 11) is 1.90. The molecule has 0 radical (unpaired) electrons. The van der Waals surface area contributed by atoms with Crippen molar-refractivity contribution in [1.29, 1.82) is 0 Å². The number of aryl methyl sites for hydroxylation is 1. The van der Waals surface area contributed by atoms with E-state index in [4.69, 9.17) is 0 Å². The highest BCUT2D eigenvalue weighted by molar-refractivity contribution is 5.58. The van der Waals surface area contributed by atoms with Gasteiger partial charge in [-0.3, -0.25) is 13.9 Å². The molecule has 1 aliphatic heterocycles. The fourth-order valence-corrected chi connectivity index (χ4v) is 6.21. The highest BCUT2D eigenvalue weighted by atomic mass is 19.4. The summed E-state index contributed by atoms with van der Waals surface area (Å²) in [4.78, 5) is 15.6. The summed E-state index contributed by atoms with van der Waals surface area (Å²) < 4.78 is 47.0. The number of alkyl halides is 3. The summed E-state index contributed by atoms with van der Waals surface area (Å²) >= 11 is 0. The van der Waals surface area contributed by atoms with E-state index in [1.165, 1.54) is 17.0 Å². The monoisotopic (exact) mass is 554 g/mol. The SMILES string of the molecule is C[C@@H]1CN(Cc2cc(C(F)(F)F)c3cn(-c4cccc([C@H](c5nncn5C)C5CCC5)c4)c(=O)n3c2)CC[C@@H]1O. The van der Waals surface area contributed by atoms with E-state index in [0.717, 1.165) is 41.1 Å². The minimum atomic E-state index is -4.63. The molecule has 0 bridgehead atoms. The first-order valence-corrected chi connectivity index (χ1v) is 13.8. The van der Waals surface area contributed by atoms with Crippen LogP contribution < -0.4 is 5.69 Å². The van der Waals surface area contributed by atoms with Crippen LogP contribution in [0.25, 0.3) is 11.2 Å². The van der Waals surface area contributed by atoms with Crippen molar-refractivity contribution in [2.24, 2.45) is 18.9 Å². The average Bonchev–Trinajstić information content (AvgIpc) is 3.45. The molecule has 4 heterocycles. The van der Waals surface area contributed by atoms with Gasteiger partial charge in [0, 0.05) is 45.0 Å². The van der Waals surface area contributed by atoms with Gasteiger partial charge in [0.2, 0.25) is 0 Å². The number of hydrogen-bond donors (Lipinski definition) is 1. The number of hydrogen-bond acceptors (Lipinski definition) is 5. The van der Waals surface area contributed by atoms with Gasteiger partial charge in [-0.25, -0.2) is 4.79 Å². The van der Waals surface area contributed by atoms with Crippen molar-refractivity contribution in [1.82, 2.24) is 28.6 Å². The molecule has 212 valence electrons. The Kier molecular flexibility index (Phi) is 6.82. The highest BCUT2D eigenvalue weighted by Gasteiger charge is 2.36. The zero-order chi connectivity index (χ0) is 28.2. The molecule has 2 fully saturated rings. The predicted molar refractivity (Wildman–Crippen MR) is 143 cm³/mol. The normalized spacial score (nSPS) is 21.6. The van der Waals surface area contributed by atoms with Crippen molar-refractivity contribution < 1.29 is 18.3 Å². The molecule has 1 aliphatic carbocycles. The molecule has 6 rings (SSSR count). The summed E-state index contributed by atoms with van der Waals surface area (Å²) in [6.07, 6.45) is 3.25. The summed E-state index contributed by atoms with van der Waals surface area (Å²) in [6.45, 7) is 3.36. The number of fused-ring (bicyclic) bond motifs is 1. The van der Waals surface area contributed by atoms with Crippen LogP contribution in [-0.2, 0) is 19.8 Å². The molecule has 4 aromatic rings. The van der Waals surface area contributed by atoms with Crippen molar-refractivity contribution >= 4 is 5.52 Å². The molecule has 3 atom stereocenters. The summed E-state index contributed by atoms with van der Waals surface area (Å²) in [5.74, 6) is 1.23. The van der Waals surface area contributed by atoms with Crippen molar-refractivity contribution in [2.45, 2.75) is 57.3 Å². The first-order chi connectivity index (χ1) is 19.1. The molecule has 1 aromatic carbocycles. The summed E-state index contributed by atoms with van der Waals surface area (Å²) in [6, 6.07) is 8.59. The number of aromatic nitrogens is 5. The number of imidazole rings is 1. The third-order valence-corrected chi connectivity index (χ3v) is 8.63. The molecule has 40 heavy (non-hydrogen) atoms. The maximum Gasteiger partial charge on any atom is 0.418 e. The minimum Gasteiger partial charge on any atom is -0.393 e. The largest absolute Gasteiger partial charge is 0.418 e. The van der Waals surface area contributed by atoms with Gasteiger partial charge in [0.15, 0.2) is 0 Å².